The fourth-order valence-corrected chi connectivity index (χ4v) is 3.84. The van der Waals surface area contributed by atoms with Crippen molar-refractivity contribution in [2.24, 2.45) is 5.92 Å². The van der Waals surface area contributed by atoms with Gasteiger partial charge in [-0.05, 0) is 37.0 Å². The Bertz CT molecular complexity index is 571. The van der Waals surface area contributed by atoms with Gasteiger partial charge in [0, 0.05) is 26.8 Å². The SMILES string of the molecule is CN(CC1CCOCC1)S(=O)(=O)c1ccc(Cl)c(Cl)c1. The molecule has 0 bridgehead atoms. The molecule has 2 rings (SSSR count). The summed E-state index contributed by atoms with van der Waals surface area (Å²) in [5.41, 5.74) is 0. The zero-order chi connectivity index (χ0) is 14.8. The van der Waals surface area contributed by atoms with Crippen molar-refractivity contribution in [3.8, 4) is 0 Å². The molecule has 1 aliphatic heterocycles. The topological polar surface area (TPSA) is 46.6 Å². The third-order valence-corrected chi connectivity index (χ3v) is 6.01. The maximum atomic E-state index is 12.5. The second kappa shape index (κ2) is 6.62. The van der Waals surface area contributed by atoms with E-state index >= 15 is 0 Å². The molecular formula is C13H17Cl2NO3S. The maximum Gasteiger partial charge on any atom is 0.242 e. The van der Waals surface area contributed by atoms with Gasteiger partial charge in [-0.3, -0.25) is 0 Å². The summed E-state index contributed by atoms with van der Waals surface area (Å²) in [5, 5.41) is 0.588. The van der Waals surface area contributed by atoms with Gasteiger partial charge < -0.3 is 4.74 Å². The van der Waals surface area contributed by atoms with E-state index in [2.05, 4.69) is 0 Å². The number of halogens is 2. The minimum absolute atomic E-state index is 0.168. The summed E-state index contributed by atoms with van der Waals surface area (Å²) in [6.07, 6.45) is 1.78. The Morgan fingerprint density at radius 2 is 1.90 bits per heavy atom. The molecule has 1 fully saturated rings. The van der Waals surface area contributed by atoms with Crippen molar-refractivity contribution in [1.82, 2.24) is 4.31 Å². The van der Waals surface area contributed by atoms with Crippen LogP contribution in [0.25, 0.3) is 0 Å². The Morgan fingerprint density at radius 1 is 1.25 bits per heavy atom. The summed E-state index contributed by atoms with van der Waals surface area (Å²) in [7, 11) is -1.94. The summed E-state index contributed by atoms with van der Waals surface area (Å²) in [5.74, 6) is 0.339. The maximum absolute atomic E-state index is 12.5. The second-order valence-electron chi connectivity index (χ2n) is 4.92. The molecule has 0 N–H and O–H groups in total. The van der Waals surface area contributed by atoms with Crippen molar-refractivity contribution in [3.05, 3.63) is 28.2 Å². The van der Waals surface area contributed by atoms with Gasteiger partial charge >= 0.3 is 0 Å². The lowest BCUT2D eigenvalue weighted by Crippen LogP contribution is -2.34. The molecule has 0 spiro atoms. The van der Waals surface area contributed by atoms with Crippen LogP contribution in [0.3, 0.4) is 0 Å². The molecule has 1 aromatic rings. The van der Waals surface area contributed by atoms with Crippen molar-refractivity contribution in [2.45, 2.75) is 17.7 Å². The average Bonchev–Trinajstić information content (AvgIpc) is 2.42. The monoisotopic (exact) mass is 337 g/mol. The number of benzene rings is 1. The van der Waals surface area contributed by atoms with Crippen LogP contribution >= 0.6 is 23.2 Å². The normalized spacial score (nSPS) is 17.6. The summed E-state index contributed by atoms with van der Waals surface area (Å²) in [6.45, 7) is 1.89. The lowest BCUT2D eigenvalue weighted by Gasteiger charge is -2.26. The number of nitrogens with zero attached hydrogens (tertiary/aromatic N) is 1. The number of rotatable bonds is 4. The third kappa shape index (κ3) is 3.65. The largest absolute Gasteiger partial charge is 0.381 e. The molecule has 4 nitrogen and oxygen atoms in total. The second-order valence-corrected chi connectivity index (χ2v) is 7.78. The minimum Gasteiger partial charge on any atom is -0.381 e. The van der Waals surface area contributed by atoms with Gasteiger partial charge in [0.05, 0.1) is 14.9 Å². The molecular weight excluding hydrogens is 321 g/mol. The zero-order valence-electron chi connectivity index (χ0n) is 11.2. The van der Waals surface area contributed by atoms with Crippen molar-refractivity contribution < 1.29 is 13.2 Å². The van der Waals surface area contributed by atoms with Crippen LogP contribution in [0.5, 0.6) is 0 Å². The van der Waals surface area contributed by atoms with E-state index < -0.39 is 10.0 Å². The molecule has 1 aliphatic rings. The standard InChI is InChI=1S/C13H17Cl2NO3S/c1-16(9-10-4-6-19-7-5-10)20(17,18)11-2-3-12(14)13(15)8-11/h2-3,8,10H,4-7,9H2,1H3. The van der Waals surface area contributed by atoms with E-state index in [1.54, 1.807) is 7.05 Å². The highest BCUT2D eigenvalue weighted by Crippen LogP contribution is 2.27. The summed E-state index contributed by atoms with van der Waals surface area (Å²) < 4.78 is 31.6. The molecule has 0 aromatic heterocycles. The van der Waals surface area contributed by atoms with Crippen LogP contribution in [0, 0.1) is 5.92 Å². The van der Waals surface area contributed by atoms with Crippen LogP contribution in [0.2, 0.25) is 10.0 Å². The Morgan fingerprint density at radius 3 is 2.50 bits per heavy atom. The van der Waals surface area contributed by atoms with E-state index in [4.69, 9.17) is 27.9 Å². The zero-order valence-corrected chi connectivity index (χ0v) is 13.5. The van der Waals surface area contributed by atoms with Crippen LogP contribution in [0.4, 0.5) is 0 Å². The Labute approximate surface area is 129 Å². The quantitative estimate of drug-likeness (QED) is 0.848. The van der Waals surface area contributed by atoms with E-state index in [9.17, 15) is 8.42 Å². The first kappa shape index (κ1) is 16.0. The van der Waals surface area contributed by atoms with Crippen LogP contribution in [-0.4, -0.2) is 39.5 Å². The first-order valence-electron chi connectivity index (χ1n) is 6.40. The first-order valence-corrected chi connectivity index (χ1v) is 8.60. The summed E-state index contributed by atoms with van der Waals surface area (Å²) in [6, 6.07) is 4.36. The van der Waals surface area contributed by atoms with E-state index in [-0.39, 0.29) is 9.92 Å². The molecule has 0 unspecified atom stereocenters. The number of ether oxygens (including phenoxy) is 1. The highest BCUT2D eigenvalue weighted by Gasteiger charge is 2.25. The summed E-state index contributed by atoms with van der Waals surface area (Å²) in [4.78, 5) is 0.168. The molecule has 0 saturated carbocycles. The van der Waals surface area contributed by atoms with E-state index in [0.717, 1.165) is 12.8 Å². The van der Waals surface area contributed by atoms with Gasteiger partial charge in [-0.25, -0.2) is 12.7 Å². The molecule has 0 aliphatic carbocycles. The lowest BCUT2D eigenvalue weighted by molar-refractivity contribution is 0.0620. The van der Waals surface area contributed by atoms with Gasteiger partial charge in [-0.2, -0.15) is 0 Å². The lowest BCUT2D eigenvalue weighted by atomic mass is 10.0. The van der Waals surface area contributed by atoms with Crippen LogP contribution in [0.1, 0.15) is 12.8 Å². The Balaban J connectivity index is 2.13. The third-order valence-electron chi connectivity index (χ3n) is 3.46. The van der Waals surface area contributed by atoms with Crippen molar-refractivity contribution in [1.29, 1.82) is 0 Å². The number of sulfonamides is 1. The van der Waals surface area contributed by atoms with Gasteiger partial charge in [-0.1, -0.05) is 23.2 Å². The Kier molecular flexibility index (Phi) is 5.31. The smallest absolute Gasteiger partial charge is 0.242 e. The molecule has 1 heterocycles. The predicted octanol–water partition coefficient (Wildman–Crippen LogP) is 3.04. The van der Waals surface area contributed by atoms with Gasteiger partial charge in [0.2, 0.25) is 10.0 Å². The predicted molar refractivity (Wildman–Crippen MR) is 79.8 cm³/mol. The van der Waals surface area contributed by atoms with Crippen molar-refractivity contribution >= 4 is 33.2 Å². The minimum atomic E-state index is -3.53. The number of hydrogen-bond donors (Lipinski definition) is 0. The van der Waals surface area contributed by atoms with Gasteiger partial charge in [0.1, 0.15) is 0 Å². The van der Waals surface area contributed by atoms with Crippen molar-refractivity contribution in [2.75, 3.05) is 26.8 Å². The molecule has 0 radical (unpaired) electrons. The molecule has 1 saturated heterocycles. The summed E-state index contributed by atoms with van der Waals surface area (Å²) >= 11 is 11.7. The molecule has 7 heteroatoms. The number of hydrogen-bond acceptors (Lipinski definition) is 3. The molecule has 112 valence electrons. The van der Waals surface area contributed by atoms with E-state index in [1.807, 2.05) is 0 Å². The molecule has 1 aromatic carbocycles. The van der Waals surface area contributed by atoms with Gasteiger partial charge in [-0.15, -0.1) is 0 Å². The molecule has 0 amide bonds. The van der Waals surface area contributed by atoms with Crippen LogP contribution in [-0.2, 0) is 14.8 Å². The Hall–Kier alpha value is -0.330. The average molecular weight is 338 g/mol. The van der Waals surface area contributed by atoms with E-state index in [0.29, 0.717) is 30.7 Å². The molecule has 20 heavy (non-hydrogen) atoms. The molecule has 0 atom stereocenters. The highest BCUT2D eigenvalue weighted by atomic mass is 35.5. The fraction of sp³-hybridized carbons (Fsp3) is 0.538. The van der Waals surface area contributed by atoms with Crippen LogP contribution < -0.4 is 0 Å². The first-order chi connectivity index (χ1) is 9.41. The van der Waals surface area contributed by atoms with Gasteiger partial charge in [0.25, 0.3) is 0 Å². The van der Waals surface area contributed by atoms with E-state index in [1.165, 1.54) is 22.5 Å². The fourth-order valence-electron chi connectivity index (χ4n) is 2.21. The van der Waals surface area contributed by atoms with Crippen molar-refractivity contribution in [3.63, 3.8) is 0 Å². The van der Waals surface area contributed by atoms with Gasteiger partial charge in [0.15, 0.2) is 0 Å². The highest BCUT2D eigenvalue weighted by molar-refractivity contribution is 7.89. The van der Waals surface area contributed by atoms with Crippen LogP contribution in [0.15, 0.2) is 23.1 Å².